The first-order chi connectivity index (χ1) is 11.4. The van der Waals surface area contributed by atoms with Crippen molar-refractivity contribution >= 4 is 17.6 Å². The highest BCUT2D eigenvalue weighted by molar-refractivity contribution is 5.97. The molecule has 0 saturated heterocycles. The van der Waals surface area contributed by atoms with Crippen LogP contribution in [0.4, 0.5) is 14.5 Å². The average Bonchev–Trinajstić information content (AvgIpc) is 2.56. The Hall–Kier alpha value is -2.96. The third-order valence-electron chi connectivity index (χ3n) is 3.14. The molecule has 0 spiro atoms. The SMILES string of the molecule is COc1ccc(C)cc1C(=O)OCC(=O)Nc1c(F)cccc1F. The summed E-state index contributed by atoms with van der Waals surface area (Å²) in [5.41, 5.74) is 0.370. The number of carbonyl (C=O) groups is 2. The van der Waals surface area contributed by atoms with Gasteiger partial charge in [-0.15, -0.1) is 0 Å². The van der Waals surface area contributed by atoms with E-state index in [9.17, 15) is 18.4 Å². The van der Waals surface area contributed by atoms with Crippen LogP contribution in [0.15, 0.2) is 36.4 Å². The van der Waals surface area contributed by atoms with E-state index in [0.29, 0.717) is 5.75 Å². The Bertz CT molecular complexity index is 757. The van der Waals surface area contributed by atoms with E-state index in [0.717, 1.165) is 17.7 Å². The van der Waals surface area contributed by atoms with Crippen molar-refractivity contribution in [3.05, 3.63) is 59.2 Å². The molecule has 0 fully saturated rings. The second kappa shape index (κ2) is 7.54. The molecule has 1 amide bonds. The Kier molecular flexibility index (Phi) is 5.47. The number of halogens is 2. The third-order valence-corrected chi connectivity index (χ3v) is 3.14. The first-order valence-corrected chi connectivity index (χ1v) is 6.98. The number of hydrogen-bond acceptors (Lipinski definition) is 4. The Morgan fingerprint density at radius 2 is 1.79 bits per heavy atom. The third kappa shape index (κ3) is 4.07. The molecule has 1 N–H and O–H groups in total. The quantitative estimate of drug-likeness (QED) is 0.853. The minimum Gasteiger partial charge on any atom is -0.496 e. The van der Waals surface area contributed by atoms with Crippen LogP contribution in [0.2, 0.25) is 0 Å². The first kappa shape index (κ1) is 17.4. The van der Waals surface area contributed by atoms with Crippen LogP contribution in [0.25, 0.3) is 0 Å². The molecule has 0 atom stereocenters. The number of para-hydroxylation sites is 1. The zero-order chi connectivity index (χ0) is 17.7. The molecule has 2 rings (SSSR count). The summed E-state index contributed by atoms with van der Waals surface area (Å²) >= 11 is 0. The van der Waals surface area contributed by atoms with E-state index in [1.54, 1.807) is 25.1 Å². The molecule has 0 saturated carbocycles. The summed E-state index contributed by atoms with van der Waals surface area (Å²) in [4.78, 5) is 23.8. The summed E-state index contributed by atoms with van der Waals surface area (Å²) in [6.07, 6.45) is 0. The van der Waals surface area contributed by atoms with Crippen molar-refractivity contribution in [3.8, 4) is 5.75 Å². The number of amides is 1. The molecule has 5 nitrogen and oxygen atoms in total. The van der Waals surface area contributed by atoms with Gasteiger partial charge >= 0.3 is 5.97 Å². The van der Waals surface area contributed by atoms with E-state index in [1.165, 1.54) is 13.2 Å². The summed E-state index contributed by atoms with van der Waals surface area (Å²) in [5, 5.41) is 2.03. The van der Waals surface area contributed by atoms with Gasteiger partial charge < -0.3 is 14.8 Å². The minimum absolute atomic E-state index is 0.155. The molecule has 2 aromatic carbocycles. The lowest BCUT2D eigenvalue weighted by atomic mass is 10.1. The number of aryl methyl sites for hydroxylation is 1. The van der Waals surface area contributed by atoms with Crippen LogP contribution in [0.3, 0.4) is 0 Å². The fourth-order valence-electron chi connectivity index (χ4n) is 1.98. The number of anilines is 1. The number of rotatable bonds is 5. The lowest BCUT2D eigenvalue weighted by Gasteiger charge is -2.10. The van der Waals surface area contributed by atoms with E-state index < -0.39 is 35.8 Å². The number of hydrogen-bond donors (Lipinski definition) is 1. The van der Waals surface area contributed by atoms with Crippen LogP contribution >= 0.6 is 0 Å². The number of esters is 1. The van der Waals surface area contributed by atoms with Gasteiger partial charge in [-0.1, -0.05) is 17.7 Å². The highest BCUT2D eigenvalue weighted by Crippen LogP contribution is 2.21. The van der Waals surface area contributed by atoms with E-state index in [2.05, 4.69) is 0 Å². The highest BCUT2D eigenvalue weighted by atomic mass is 19.1. The van der Waals surface area contributed by atoms with Crippen molar-refractivity contribution in [3.63, 3.8) is 0 Å². The summed E-state index contributed by atoms with van der Waals surface area (Å²) in [7, 11) is 1.40. The van der Waals surface area contributed by atoms with E-state index in [1.807, 2.05) is 5.32 Å². The molecule has 0 aromatic heterocycles. The Balaban J connectivity index is 2.02. The fraction of sp³-hybridized carbons (Fsp3) is 0.176. The summed E-state index contributed by atoms with van der Waals surface area (Å²) in [5.74, 6) is -3.19. The van der Waals surface area contributed by atoms with Crippen molar-refractivity contribution in [1.82, 2.24) is 0 Å². The maximum atomic E-state index is 13.4. The van der Waals surface area contributed by atoms with Gasteiger partial charge in [0.15, 0.2) is 6.61 Å². The van der Waals surface area contributed by atoms with Gasteiger partial charge in [0.05, 0.1) is 7.11 Å². The second-order valence-electron chi connectivity index (χ2n) is 4.92. The van der Waals surface area contributed by atoms with E-state index in [-0.39, 0.29) is 5.56 Å². The van der Waals surface area contributed by atoms with E-state index in [4.69, 9.17) is 9.47 Å². The second-order valence-corrected chi connectivity index (χ2v) is 4.92. The number of benzene rings is 2. The zero-order valence-corrected chi connectivity index (χ0v) is 13.1. The normalized spacial score (nSPS) is 10.2. The van der Waals surface area contributed by atoms with Gasteiger partial charge in [0.2, 0.25) is 0 Å². The van der Waals surface area contributed by atoms with Crippen LogP contribution in [0.1, 0.15) is 15.9 Å². The molecule has 24 heavy (non-hydrogen) atoms. The Labute approximate surface area is 137 Å². The Morgan fingerprint density at radius 1 is 1.12 bits per heavy atom. The van der Waals surface area contributed by atoms with Crippen molar-refractivity contribution in [2.24, 2.45) is 0 Å². The minimum atomic E-state index is -0.921. The smallest absolute Gasteiger partial charge is 0.342 e. The molecule has 0 aliphatic rings. The maximum absolute atomic E-state index is 13.4. The van der Waals surface area contributed by atoms with Gasteiger partial charge in [-0.25, -0.2) is 13.6 Å². The van der Waals surface area contributed by atoms with Gasteiger partial charge in [0, 0.05) is 0 Å². The monoisotopic (exact) mass is 335 g/mol. The molecule has 7 heteroatoms. The molecule has 0 bridgehead atoms. The van der Waals surface area contributed by atoms with Crippen LogP contribution in [0.5, 0.6) is 5.75 Å². The lowest BCUT2D eigenvalue weighted by Crippen LogP contribution is -2.22. The van der Waals surface area contributed by atoms with Crippen LogP contribution in [-0.4, -0.2) is 25.6 Å². The summed E-state index contributed by atoms with van der Waals surface area (Å²) in [6, 6.07) is 8.08. The van der Waals surface area contributed by atoms with Gasteiger partial charge in [0.1, 0.15) is 28.6 Å². The molecule has 0 heterocycles. The van der Waals surface area contributed by atoms with Gasteiger partial charge in [-0.05, 0) is 31.2 Å². The largest absolute Gasteiger partial charge is 0.496 e. The van der Waals surface area contributed by atoms with Crippen molar-refractivity contribution in [2.75, 3.05) is 19.0 Å². The summed E-state index contributed by atoms with van der Waals surface area (Å²) in [6.45, 7) is 1.09. The Morgan fingerprint density at radius 3 is 2.42 bits per heavy atom. The number of ether oxygens (including phenoxy) is 2. The summed E-state index contributed by atoms with van der Waals surface area (Å²) < 4.78 is 36.8. The standard InChI is InChI=1S/C17H15F2NO4/c1-10-6-7-14(23-2)11(8-10)17(22)24-9-15(21)20-16-12(18)4-3-5-13(16)19/h3-8H,9H2,1-2H3,(H,20,21). The number of carbonyl (C=O) groups excluding carboxylic acids is 2. The van der Waals surface area contributed by atoms with Crippen LogP contribution in [0, 0.1) is 18.6 Å². The zero-order valence-electron chi connectivity index (χ0n) is 13.1. The van der Waals surface area contributed by atoms with E-state index >= 15 is 0 Å². The fourth-order valence-corrected chi connectivity index (χ4v) is 1.98. The number of nitrogens with one attached hydrogen (secondary N) is 1. The van der Waals surface area contributed by atoms with Gasteiger partial charge in [0.25, 0.3) is 5.91 Å². The molecule has 0 aliphatic carbocycles. The molecular formula is C17H15F2NO4. The molecule has 0 radical (unpaired) electrons. The van der Waals surface area contributed by atoms with Crippen molar-refractivity contribution in [2.45, 2.75) is 6.92 Å². The topological polar surface area (TPSA) is 64.6 Å². The molecule has 2 aromatic rings. The van der Waals surface area contributed by atoms with Crippen LogP contribution in [-0.2, 0) is 9.53 Å². The highest BCUT2D eigenvalue weighted by Gasteiger charge is 2.17. The molecule has 126 valence electrons. The molecular weight excluding hydrogens is 320 g/mol. The predicted octanol–water partition coefficient (Wildman–Crippen LogP) is 3.08. The average molecular weight is 335 g/mol. The van der Waals surface area contributed by atoms with Crippen molar-refractivity contribution < 1.29 is 27.8 Å². The van der Waals surface area contributed by atoms with Gasteiger partial charge in [-0.2, -0.15) is 0 Å². The lowest BCUT2D eigenvalue weighted by molar-refractivity contribution is -0.119. The number of methoxy groups -OCH3 is 1. The molecule has 0 unspecified atom stereocenters. The van der Waals surface area contributed by atoms with Gasteiger partial charge in [-0.3, -0.25) is 4.79 Å². The molecule has 0 aliphatic heterocycles. The van der Waals surface area contributed by atoms with Crippen LogP contribution < -0.4 is 10.1 Å². The predicted molar refractivity (Wildman–Crippen MR) is 83.0 cm³/mol. The maximum Gasteiger partial charge on any atom is 0.342 e. The first-order valence-electron chi connectivity index (χ1n) is 6.98. The van der Waals surface area contributed by atoms with Crippen molar-refractivity contribution in [1.29, 1.82) is 0 Å².